The third-order valence-corrected chi connectivity index (χ3v) is 6.29. The molecule has 0 fully saturated rings. The van der Waals surface area contributed by atoms with Gasteiger partial charge in [-0.2, -0.15) is 0 Å². The van der Waals surface area contributed by atoms with Gasteiger partial charge in [-0.15, -0.1) is 0 Å². The minimum atomic E-state index is -0.826. The quantitative estimate of drug-likeness (QED) is 0.288. The third-order valence-electron chi connectivity index (χ3n) is 5.88. The van der Waals surface area contributed by atoms with Gasteiger partial charge < -0.3 is 4.42 Å². The van der Waals surface area contributed by atoms with Gasteiger partial charge in [0, 0.05) is 22.8 Å². The fraction of sp³-hybridized carbons (Fsp3) is 0.120. The maximum atomic E-state index is 13.6. The Morgan fingerprint density at radius 1 is 1.00 bits per heavy atom. The molecule has 0 spiro atoms. The average Bonchev–Trinajstić information content (AvgIpc) is 3.09. The number of amides is 1. The highest BCUT2D eigenvalue weighted by molar-refractivity contribution is 6.31. The van der Waals surface area contributed by atoms with Gasteiger partial charge in [0.05, 0.1) is 21.9 Å². The molecule has 1 aliphatic heterocycles. The van der Waals surface area contributed by atoms with Gasteiger partial charge in [0.1, 0.15) is 5.58 Å². The Labute approximate surface area is 193 Å². The molecule has 0 saturated carbocycles. The van der Waals surface area contributed by atoms with Crippen LogP contribution >= 0.6 is 11.6 Å². The SMILES string of the molecule is Cc1ccc2oc3c(c(=O)c2c1)C(c1ccc([N+](=O)[O-])cc1)N(c1ccc(C)c(Cl)c1)C3=O. The van der Waals surface area contributed by atoms with Crippen molar-refractivity contribution < 1.29 is 14.1 Å². The Balaban J connectivity index is 1.79. The lowest BCUT2D eigenvalue weighted by molar-refractivity contribution is -0.384. The van der Waals surface area contributed by atoms with E-state index in [9.17, 15) is 19.7 Å². The number of anilines is 1. The summed E-state index contributed by atoms with van der Waals surface area (Å²) in [4.78, 5) is 39.2. The minimum Gasteiger partial charge on any atom is -0.450 e. The van der Waals surface area contributed by atoms with Crippen LogP contribution in [-0.2, 0) is 0 Å². The summed E-state index contributed by atoms with van der Waals surface area (Å²) >= 11 is 6.34. The molecule has 8 heteroatoms. The first-order valence-corrected chi connectivity index (χ1v) is 10.6. The van der Waals surface area contributed by atoms with Crippen LogP contribution in [0.5, 0.6) is 0 Å². The lowest BCUT2D eigenvalue weighted by atomic mass is 9.97. The molecule has 1 aliphatic rings. The molecule has 1 amide bonds. The van der Waals surface area contributed by atoms with E-state index in [-0.39, 0.29) is 22.4 Å². The topological polar surface area (TPSA) is 93.7 Å². The predicted molar refractivity (Wildman–Crippen MR) is 125 cm³/mol. The molecule has 1 unspecified atom stereocenters. The van der Waals surface area contributed by atoms with Crippen LogP contribution in [0.2, 0.25) is 5.02 Å². The molecule has 0 aliphatic carbocycles. The second kappa shape index (κ2) is 7.56. The second-order valence-electron chi connectivity index (χ2n) is 8.03. The van der Waals surface area contributed by atoms with E-state index in [4.69, 9.17) is 16.0 Å². The Morgan fingerprint density at radius 3 is 2.39 bits per heavy atom. The molecule has 3 aromatic carbocycles. The van der Waals surface area contributed by atoms with E-state index in [1.807, 2.05) is 19.9 Å². The fourth-order valence-electron chi connectivity index (χ4n) is 4.18. The summed E-state index contributed by atoms with van der Waals surface area (Å²) in [5.41, 5.74) is 2.88. The van der Waals surface area contributed by atoms with E-state index < -0.39 is 16.9 Å². The van der Waals surface area contributed by atoms with Crippen molar-refractivity contribution in [2.45, 2.75) is 19.9 Å². The summed E-state index contributed by atoms with van der Waals surface area (Å²) in [5.74, 6) is -0.524. The number of halogens is 1. The normalized spacial score (nSPS) is 15.2. The van der Waals surface area contributed by atoms with Gasteiger partial charge >= 0.3 is 0 Å². The summed E-state index contributed by atoms with van der Waals surface area (Å²) in [6, 6.07) is 15.4. The van der Waals surface area contributed by atoms with Gasteiger partial charge in [0.15, 0.2) is 5.43 Å². The molecular weight excluding hydrogens is 444 g/mol. The summed E-state index contributed by atoms with van der Waals surface area (Å²) in [7, 11) is 0. The van der Waals surface area contributed by atoms with E-state index in [1.54, 1.807) is 42.5 Å². The third kappa shape index (κ3) is 3.29. The van der Waals surface area contributed by atoms with E-state index in [0.717, 1.165) is 11.1 Å². The van der Waals surface area contributed by atoms with Crippen molar-refractivity contribution in [2.75, 3.05) is 4.90 Å². The molecular formula is C25H17ClN2O5. The number of benzene rings is 3. The van der Waals surface area contributed by atoms with E-state index in [1.165, 1.54) is 17.0 Å². The van der Waals surface area contributed by atoms with Crippen molar-refractivity contribution in [2.24, 2.45) is 0 Å². The number of carbonyl (C=O) groups excluding carboxylic acids is 1. The molecule has 164 valence electrons. The number of hydrogen-bond acceptors (Lipinski definition) is 5. The van der Waals surface area contributed by atoms with Crippen LogP contribution in [0.4, 0.5) is 11.4 Å². The summed E-state index contributed by atoms with van der Waals surface area (Å²) in [6.45, 7) is 3.71. The lowest BCUT2D eigenvalue weighted by Crippen LogP contribution is -2.29. The molecule has 4 aromatic rings. The van der Waals surface area contributed by atoms with Crippen LogP contribution in [0.15, 0.2) is 69.9 Å². The van der Waals surface area contributed by atoms with Crippen molar-refractivity contribution in [3.05, 3.63) is 114 Å². The molecule has 0 bridgehead atoms. The van der Waals surface area contributed by atoms with Crippen LogP contribution in [0.1, 0.15) is 38.9 Å². The lowest BCUT2D eigenvalue weighted by Gasteiger charge is -2.25. The highest BCUT2D eigenvalue weighted by Crippen LogP contribution is 2.42. The zero-order valence-corrected chi connectivity index (χ0v) is 18.4. The average molecular weight is 461 g/mol. The number of carbonyl (C=O) groups is 1. The highest BCUT2D eigenvalue weighted by Gasteiger charge is 2.43. The Morgan fingerprint density at radius 2 is 1.73 bits per heavy atom. The first kappa shape index (κ1) is 20.9. The monoisotopic (exact) mass is 460 g/mol. The van der Waals surface area contributed by atoms with Crippen LogP contribution < -0.4 is 10.3 Å². The van der Waals surface area contributed by atoms with Gasteiger partial charge in [-0.3, -0.25) is 24.6 Å². The molecule has 0 N–H and O–H groups in total. The molecule has 7 nitrogen and oxygen atoms in total. The van der Waals surface area contributed by atoms with Crippen LogP contribution in [0.25, 0.3) is 11.0 Å². The second-order valence-corrected chi connectivity index (χ2v) is 8.44. The Bertz CT molecular complexity index is 1520. The first-order chi connectivity index (χ1) is 15.8. The summed E-state index contributed by atoms with van der Waals surface area (Å²) < 4.78 is 5.94. The number of nitro benzene ring substituents is 1. The summed E-state index contributed by atoms with van der Waals surface area (Å²) in [6.07, 6.45) is 0. The van der Waals surface area contributed by atoms with Gasteiger partial charge in [-0.05, 0) is 61.4 Å². The summed E-state index contributed by atoms with van der Waals surface area (Å²) in [5, 5.41) is 12.0. The molecule has 1 aromatic heterocycles. The van der Waals surface area contributed by atoms with Crippen molar-refractivity contribution in [1.82, 2.24) is 0 Å². The fourth-order valence-corrected chi connectivity index (χ4v) is 4.35. The van der Waals surface area contributed by atoms with Crippen molar-refractivity contribution in [3.63, 3.8) is 0 Å². The largest absolute Gasteiger partial charge is 0.450 e. The molecule has 1 atom stereocenters. The minimum absolute atomic E-state index is 0.0450. The number of nitro groups is 1. The van der Waals surface area contributed by atoms with Crippen molar-refractivity contribution in [3.8, 4) is 0 Å². The number of aryl methyl sites for hydroxylation is 2. The molecule has 33 heavy (non-hydrogen) atoms. The first-order valence-electron chi connectivity index (χ1n) is 10.2. The predicted octanol–water partition coefficient (Wildman–Crippen LogP) is 5.72. The van der Waals surface area contributed by atoms with Gasteiger partial charge in [0.25, 0.3) is 11.6 Å². The van der Waals surface area contributed by atoms with E-state index >= 15 is 0 Å². The highest BCUT2D eigenvalue weighted by atomic mass is 35.5. The zero-order chi connectivity index (χ0) is 23.4. The number of fused-ring (bicyclic) bond motifs is 2. The zero-order valence-electron chi connectivity index (χ0n) is 17.7. The van der Waals surface area contributed by atoms with E-state index in [2.05, 4.69) is 0 Å². The van der Waals surface area contributed by atoms with Crippen LogP contribution in [-0.4, -0.2) is 10.8 Å². The maximum absolute atomic E-state index is 13.6. The molecule has 2 heterocycles. The van der Waals surface area contributed by atoms with Crippen molar-refractivity contribution >= 4 is 39.9 Å². The van der Waals surface area contributed by atoms with Crippen molar-refractivity contribution in [1.29, 1.82) is 0 Å². The Hall–Kier alpha value is -3.97. The number of rotatable bonds is 3. The van der Waals surface area contributed by atoms with Gasteiger partial charge in [-0.25, -0.2) is 0 Å². The van der Waals surface area contributed by atoms with Crippen LogP contribution in [0, 0.1) is 24.0 Å². The van der Waals surface area contributed by atoms with E-state index in [0.29, 0.717) is 27.2 Å². The standard InChI is InChI=1S/C25H17ClN2O5/c1-13-3-10-20-18(11-13)23(29)21-22(15-5-8-16(9-6-15)28(31)32)27(25(30)24(21)33-20)17-7-4-14(2)19(26)12-17/h3-12,22H,1-2H3. The smallest absolute Gasteiger partial charge is 0.295 e. The maximum Gasteiger partial charge on any atom is 0.295 e. The van der Waals surface area contributed by atoms with Gasteiger partial charge in [-0.1, -0.05) is 29.3 Å². The molecule has 0 radical (unpaired) electrons. The molecule has 5 rings (SSSR count). The molecule has 0 saturated heterocycles. The Kier molecular flexibility index (Phi) is 4.79. The number of nitrogens with zero attached hydrogens (tertiary/aromatic N) is 2. The number of non-ortho nitro benzene ring substituents is 1. The van der Waals surface area contributed by atoms with Gasteiger partial charge in [0.2, 0.25) is 5.76 Å². The van der Waals surface area contributed by atoms with Crippen LogP contribution in [0.3, 0.4) is 0 Å². The number of hydrogen-bond donors (Lipinski definition) is 0.